The number of nitrogens with zero attached hydrogens (tertiary/aromatic N) is 1. The molecule has 2 aromatic rings. The highest BCUT2D eigenvalue weighted by atomic mass is 35.5. The molecule has 1 fully saturated rings. The summed E-state index contributed by atoms with van der Waals surface area (Å²) in [5.74, 6) is -1.57. The van der Waals surface area contributed by atoms with Crippen molar-refractivity contribution in [3.05, 3.63) is 52.5 Å². The van der Waals surface area contributed by atoms with Crippen molar-refractivity contribution in [3.63, 3.8) is 0 Å². The molecule has 0 unspecified atom stereocenters. The lowest BCUT2D eigenvalue weighted by molar-refractivity contribution is -0.118. The van der Waals surface area contributed by atoms with E-state index < -0.39 is 17.3 Å². The van der Waals surface area contributed by atoms with Gasteiger partial charge in [-0.25, -0.2) is 9.79 Å². The van der Waals surface area contributed by atoms with Gasteiger partial charge < -0.3 is 15.4 Å². The Labute approximate surface area is 185 Å². The van der Waals surface area contributed by atoms with Crippen molar-refractivity contribution in [2.45, 2.75) is 26.7 Å². The van der Waals surface area contributed by atoms with Gasteiger partial charge in [-0.2, -0.15) is 0 Å². The van der Waals surface area contributed by atoms with Gasteiger partial charge in [0, 0.05) is 18.2 Å². The molecular formula is C23H24ClN3O4. The number of aliphatic imine (C=N–C) groups is 1. The summed E-state index contributed by atoms with van der Waals surface area (Å²) in [4.78, 5) is 42.5. The minimum absolute atomic E-state index is 0.193. The van der Waals surface area contributed by atoms with Crippen LogP contribution >= 0.6 is 11.6 Å². The normalized spacial score (nSPS) is 14.5. The molecule has 0 aliphatic heterocycles. The first-order valence-corrected chi connectivity index (χ1v) is 10.2. The molecule has 1 aliphatic carbocycles. The lowest BCUT2D eigenvalue weighted by atomic mass is 9.98. The van der Waals surface area contributed by atoms with Gasteiger partial charge in [-0.05, 0) is 61.7 Å². The van der Waals surface area contributed by atoms with Crippen LogP contribution in [0.2, 0.25) is 5.02 Å². The van der Waals surface area contributed by atoms with Gasteiger partial charge in [-0.1, -0.05) is 18.5 Å². The molecule has 2 aromatic carbocycles. The molecule has 8 heteroatoms. The first-order chi connectivity index (χ1) is 14.7. The van der Waals surface area contributed by atoms with Crippen LogP contribution in [0.3, 0.4) is 0 Å². The zero-order valence-corrected chi connectivity index (χ0v) is 18.6. The van der Waals surface area contributed by atoms with Gasteiger partial charge >= 0.3 is 5.97 Å². The standard InChI is InChI=1S/C23H24ClN3O4/c1-13-11-15(25-3)6-8-17(13)26-19(20(28)23(2)9-10-23)21(29)27-18-12-14(22(30)31-4)5-7-16(18)24/h5-8,11-12,25H,9-10H2,1-4H3,(H,27,29). The Hall–Kier alpha value is -3.19. The van der Waals surface area contributed by atoms with Crippen molar-refractivity contribution in [2.24, 2.45) is 10.4 Å². The zero-order valence-electron chi connectivity index (χ0n) is 17.8. The molecule has 2 N–H and O–H groups in total. The fraction of sp³-hybridized carbons (Fsp3) is 0.304. The molecule has 0 bridgehead atoms. The zero-order chi connectivity index (χ0) is 22.8. The number of Topliss-reactive ketones (excluding diaryl/α,β-unsaturated/α-hetero) is 1. The number of anilines is 2. The summed E-state index contributed by atoms with van der Waals surface area (Å²) >= 11 is 6.19. The third-order valence-electron chi connectivity index (χ3n) is 5.33. The number of carbonyl (C=O) groups excluding carboxylic acids is 3. The molecule has 1 aliphatic rings. The number of ketones is 1. The van der Waals surface area contributed by atoms with Gasteiger partial charge in [0.05, 0.1) is 29.1 Å². The minimum atomic E-state index is -0.681. The van der Waals surface area contributed by atoms with E-state index in [0.717, 1.165) is 11.3 Å². The Morgan fingerprint density at radius 2 is 1.84 bits per heavy atom. The summed E-state index contributed by atoms with van der Waals surface area (Å²) in [7, 11) is 3.07. The van der Waals surface area contributed by atoms with E-state index in [1.165, 1.54) is 25.3 Å². The molecule has 0 aromatic heterocycles. The quantitative estimate of drug-likeness (QED) is 0.373. The smallest absolute Gasteiger partial charge is 0.337 e. The number of nitrogens with one attached hydrogen (secondary N) is 2. The van der Waals surface area contributed by atoms with Crippen molar-refractivity contribution in [1.29, 1.82) is 0 Å². The van der Waals surface area contributed by atoms with Crippen LogP contribution in [0.25, 0.3) is 0 Å². The van der Waals surface area contributed by atoms with Crippen LogP contribution in [0.4, 0.5) is 17.1 Å². The van der Waals surface area contributed by atoms with Crippen LogP contribution in [-0.2, 0) is 14.3 Å². The minimum Gasteiger partial charge on any atom is -0.465 e. The van der Waals surface area contributed by atoms with Crippen LogP contribution in [0, 0.1) is 12.3 Å². The highest BCUT2D eigenvalue weighted by molar-refractivity contribution is 6.69. The molecule has 0 heterocycles. The summed E-state index contributed by atoms with van der Waals surface area (Å²) in [5, 5.41) is 5.89. The predicted molar refractivity (Wildman–Crippen MR) is 122 cm³/mol. The number of hydrogen-bond donors (Lipinski definition) is 2. The summed E-state index contributed by atoms with van der Waals surface area (Å²) in [6.45, 7) is 3.68. The molecule has 162 valence electrons. The molecule has 3 rings (SSSR count). The number of benzene rings is 2. The average molecular weight is 442 g/mol. The van der Waals surface area contributed by atoms with Crippen molar-refractivity contribution in [2.75, 3.05) is 24.8 Å². The molecule has 0 spiro atoms. The number of hydrogen-bond acceptors (Lipinski definition) is 6. The second-order valence-electron chi connectivity index (χ2n) is 7.74. The SMILES string of the molecule is CNc1ccc(N=C(C(=O)Nc2cc(C(=O)OC)ccc2Cl)C(=O)C2(C)CC2)c(C)c1. The molecule has 1 amide bonds. The van der Waals surface area contributed by atoms with Crippen molar-refractivity contribution in [3.8, 4) is 0 Å². The number of aryl methyl sites for hydroxylation is 1. The number of amides is 1. The first kappa shape index (κ1) is 22.5. The summed E-state index contributed by atoms with van der Waals surface area (Å²) < 4.78 is 4.71. The van der Waals surface area contributed by atoms with Gasteiger partial charge in [0.25, 0.3) is 5.91 Å². The number of ether oxygens (including phenoxy) is 1. The fourth-order valence-corrected chi connectivity index (χ4v) is 3.17. The van der Waals surface area contributed by atoms with E-state index in [1.807, 2.05) is 26.0 Å². The number of carbonyl (C=O) groups is 3. The average Bonchev–Trinajstić information content (AvgIpc) is 3.51. The van der Waals surface area contributed by atoms with E-state index in [1.54, 1.807) is 13.1 Å². The second-order valence-corrected chi connectivity index (χ2v) is 8.15. The van der Waals surface area contributed by atoms with Crippen LogP contribution in [0.15, 0.2) is 41.4 Å². The van der Waals surface area contributed by atoms with Gasteiger partial charge in [-0.15, -0.1) is 0 Å². The molecule has 0 saturated heterocycles. The first-order valence-electron chi connectivity index (χ1n) is 9.79. The largest absolute Gasteiger partial charge is 0.465 e. The molecule has 7 nitrogen and oxygen atoms in total. The Balaban J connectivity index is 1.98. The van der Waals surface area contributed by atoms with Crippen molar-refractivity contribution >= 4 is 52.0 Å². The lowest BCUT2D eigenvalue weighted by Gasteiger charge is -2.13. The monoisotopic (exact) mass is 441 g/mol. The van der Waals surface area contributed by atoms with Gasteiger partial charge in [0.15, 0.2) is 11.5 Å². The molecule has 1 saturated carbocycles. The third-order valence-corrected chi connectivity index (χ3v) is 5.66. The second kappa shape index (κ2) is 8.89. The van der Waals surface area contributed by atoms with E-state index in [2.05, 4.69) is 15.6 Å². The van der Waals surface area contributed by atoms with Gasteiger partial charge in [0.1, 0.15) is 0 Å². The highest BCUT2D eigenvalue weighted by Gasteiger charge is 2.48. The summed E-state index contributed by atoms with van der Waals surface area (Å²) in [6.07, 6.45) is 1.41. The van der Waals surface area contributed by atoms with Crippen LogP contribution < -0.4 is 10.6 Å². The Bertz CT molecular complexity index is 1090. The van der Waals surface area contributed by atoms with Gasteiger partial charge in [0.2, 0.25) is 0 Å². The Morgan fingerprint density at radius 1 is 1.13 bits per heavy atom. The van der Waals surface area contributed by atoms with E-state index >= 15 is 0 Å². The maximum atomic E-state index is 13.1. The van der Waals surface area contributed by atoms with E-state index in [0.29, 0.717) is 18.5 Å². The summed E-state index contributed by atoms with van der Waals surface area (Å²) in [5.41, 5.74) is 1.87. The Morgan fingerprint density at radius 3 is 2.42 bits per heavy atom. The van der Waals surface area contributed by atoms with Gasteiger partial charge in [-0.3, -0.25) is 9.59 Å². The number of halogens is 1. The summed E-state index contributed by atoms with van der Waals surface area (Å²) in [6, 6.07) is 9.82. The van der Waals surface area contributed by atoms with Crippen LogP contribution in [0.5, 0.6) is 0 Å². The maximum absolute atomic E-state index is 13.1. The van der Waals surface area contributed by atoms with E-state index in [9.17, 15) is 14.4 Å². The van der Waals surface area contributed by atoms with Crippen LogP contribution in [-0.4, -0.2) is 37.5 Å². The van der Waals surface area contributed by atoms with E-state index in [-0.39, 0.29) is 27.8 Å². The van der Waals surface area contributed by atoms with Crippen LogP contribution in [0.1, 0.15) is 35.7 Å². The third kappa shape index (κ3) is 4.94. The maximum Gasteiger partial charge on any atom is 0.337 e. The lowest BCUT2D eigenvalue weighted by Crippen LogP contribution is -2.34. The number of rotatable bonds is 7. The molecule has 31 heavy (non-hydrogen) atoms. The topological polar surface area (TPSA) is 96.9 Å². The predicted octanol–water partition coefficient (Wildman–Crippen LogP) is 4.56. The molecule has 0 atom stereocenters. The molecule has 0 radical (unpaired) electrons. The number of esters is 1. The fourth-order valence-electron chi connectivity index (χ4n) is 3.01. The highest BCUT2D eigenvalue weighted by Crippen LogP contribution is 2.46. The van der Waals surface area contributed by atoms with E-state index in [4.69, 9.17) is 16.3 Å². The van der Waals surface area contributed by atoms with Crippen molar-refractivity contribution < 1.29 is 19.1 Å². The number of methoxy groups -OCH3 is 1. The Kier molecular flexibility index (Phi) is 6.45. The van der Waals surface area contributed by atoms with Crippen molar-refractivity contribution in [1.82, 2.24) is 0 Å². The molecular weight excluding hydrogens is 418 g/mol.